The smallest absolute Gasteiger partial charge is 0.354 e. The van der Waals surface area contributed by atoms with Crippen molar-refractivity contribution in [3.8, 4) is 16.9 Å². The quantitative estimate of drug-likeness (QED) is 0.167. The summed E-state index contributed by atoms with van der Waals surface area (Å²) >= 11 is 15.3. The molecule has 6 aromatic rings. The van der Waals surface area contributed by atoms with Crippen LogP contribution in [0, 0.1) is 13.8 Å². The van der Waals surface area contributed by atoms with E-state index in [4.69, 9.17) is 47.6 Å². The number of hydrogen-bond acceptors (Lipinski definition) is 7. The van der Waals surface area contributed by atoms with Gasteiger partial charge in [0, 0.05) is 81.1 Å². The van der Waals surface area contributed by atoms with Gasteiger partial charge in [-0.25, -0.2) is 4.79 Å². The lowest BCUT2D eigenvalue weighted by atomic mass is 9.97. The number of aromatic nitrogens is 5. The van der Waals surface area contributed by atoms with Crippen molar-refractivity contribution in [1.29, 1.82) is 0 Å². The maximum Gasteiger partial charge on any atom is 0.354 e. The predicted molar refractivity (Wildman–Crippen MR) is 206 cm³/mol. The van der Waals surface area contributed by atoms with Gasteiger partial charge in [-0.15, -0.1) is 11.8 Å². The first-order valence-electron chi connectivity index (χ1n) is 17.1. The Bertz CT molecular complexity index is 2270. The van der Waals surface area contributed by atoms with E-state index in [1.54, 1.807) is 18.9 Å². The zero-order valence-electron chi connectivity index (χ0n) is 29.5. The molecule has 0 saturated carbocycles. The van der Waals surface area contributed by atoms with Crippen LogP contribution in [0.4, 0.5) is 0 Å². The van der Waals surface area contributed by atoms with Crippen LogP contribution >= 0.6 is 35.0 Å². The number of methoxy groups -OCH3 is 2. The minimum atomic E-state index is -0.394. The summed E-state index contributed by atoms with van der Waals surface area (Å²) in [5, 5.41) is 14.2. The molecule has 0 fully saturated rings. The third-order valence-electron chi connectivity index (χ3n) is 9.74. The highest BCUT2D eigenvalue weighted by Crippen LogP contribution is 2.43. The number of esters is 1. The first-order valence-corrected chi connectivity index (χ1v) is 19.0. The van der Waals surface area contributed by atoms with Gasteiger partial charge in [0.05, 0.1) is 38.3 Å². The lowest BCUT2D eigenvalue weighted by Crippen LogP contribution is -2.13. The van der Waals surface area contributed by atoms with Crippen LogP contribution in [-0.2, 0) is 54.0 Å². The number of thioether (sulfide) groups is 1. The van der Waals surface area contributed by atoms with Crippen molar-refractivity contribution in [2.75, 3.05) is 27.4 Å². The average molecular weight is 747 g/mol. The monoisotopic (exact) mass is 745 g/mol. The SMILES string of the molecule is COCCn1nc2c(c1C)-c1c(Cl)ccc3c1c(C)c(C(=O)OC)n3CCCOc1cc(cc3cc(Cl)ccc13)CCc1cc(nn1C)CSC2. The molecule has 0 aliphatic carbocycles. The lowest BCUT2D eigenvalue weighted by Gasteiger charge is -2.14. The van der Waals surface area contributed by atoms with Crippen LogP contribution in [0.3, 0.4) is 0 Å². The van der Waals surface area contributed by atoms with Crippen LogP contribution in [0.2, 0.25) is 10.0 Å². The molecule has 12 heteroatoms. The van der Waals surface area contributed by atoms with Gasteiger partial charge in [-0.1, -0.05) is 29.3 Å². The van der Waals surface area contributed by atoms with Crippen molar-refractivity contribution in [2.24, 2.45) is 7.05 Å². The predicted octanol–water partition coefficient (Wildman–Crippen LogP) is 8.75. The Morgan fingerprint density at radius 3 is 2.65 bits per heavy atom. The van der Waals surface area contributed by atoms with Crippen LogP contribution in [0.5, 0.6) is 5.75 Å². The zero-order chi connectivity index (χ0) is 35.8. The molecule has 266 valence electrons. The largest absolute Gasteiger partial charge is 0.493 e. The van der Waals surface area contributed by atoms with Gasteiger partial charge >= 0.3 is 5.97 Å². The van der Waals surface area contributed by atoms with Gasteiger partial charge in [0.25, 0.3) is 0 Å². The molecule has 3 aromatic carbocycles. The number of nitrogens with zero attached hydrogens (tertiary/aromatic N) is 5. The van der Waals surface area contributed by atoms with Crippen LogP contribution in [0.25, 0.3) is 32.8 Å². The average Bonchev–Trinajstić information content (AvgIpc) is 3.73. The Morgan fingerprint density at radius 2 is 1.84 bits per heavy atom. The molecule has 51 heavy (non-hydrogen) atoms. The van der Waals surface area contributed by atoms with Crippen molar-refractivity contribution in [1.82, 2.24) is 24.1 Å². The second-order valence-corrected chi connectivity index (χ2v) is 14.8. The van der Waals surface area contributed by atoms with E-state index in [0.717, 1.165) is 79.8 Å². The number of fused-ring (bicyclic) bond motifs is 8. The first-order chi connectivity index (χ1) is 24.7. The Morgan fingerprint density at radius 1 is 1.00 bits per heavy atom. The van der Waals surface area contributed by atoms with Crippen LogP contribution in [-0.4, -0.2) is 57.5 Å². The van der Waals surface area contributed by atoms with Crippen molar-refractivity contribution in [3.63, 3.8) is 0 Å². The highest BCUT2D eigenvalue weighted by Gasteiger charge is 2.28. The maximum absolute atomic E-state index is 13.4. The van der Waals surface area contributed by atoms with Gasteiger partial charge in [-0.05, 0) is 92.1 Å². The van der Waals surface area contributed by atoms with E-state index in [0.29, 0.717) is 54.2 Å². The van der Waals surface area contributed by atoms with Gasteiger partial charge < -0.3 is 18.8 Å². The Kier molecular flexibility index (Phi) is 10.4. The number of carbonyl (C=O) groups is 1. The second kappa shape index (κ2) is 14.9. The van der Waals surface area contributed by atoms with E-state index in [1.807, 2.05) is 58.2 Å². The standard InChI is InChI=1S/C39H41Cl2N5O4S/c1-23-35-33-12-11-31(41)37(35)36-24(2)46(14-16-48-4)43-32(36)22-51-21-28-20-29(44(3)42-28)9-7-25-17-26-19-27(40)8-10-30(26)34(18-25)50-15-6-13-45(33)38(23)39(47)49-5/h8,10-12,17-20H,6-7,9,13-16,21-22H2,1-5H3. The first kappa shape index (κ1) is 35.4. The summed E-state index contributed by atoms with van der Waals surface area (Å²) in [6, 6.07) is 16.3. The summed E-state index contributed by atoms with van der Waals surface area (Å²) in [5.41, 5.74) is 9.36. The molecule has 0 atom stereocenters. The molecule has 0 unspecified atom stereocenters. The van der Waals surface area contributed by atoms with Crippen LogP contribution in [0.1, 0.15) is 50.8 Å². The molecule has 0 N–H and O–H groups in total. The highest BCUT2D eigenvalue weighted by atomic mass is 35.5. The second-order valence-electron chi connectivity index (χ2n) is 13.0. The summed E-state index contributed by atoms with van der Waals surface area (Å²) in [4.78, 5) is 13.4. The van der Waals surface area contributed by atoms with E-state index in [1.165, 1.54) is 18.4 Å². The molecule has 8 bridgehead atoms. The van der Waals surface area contributed by atoms with E-state index < -0.39 is 5.97 Å². The molecular formula is C39H41Cl2N5O4S. The summed E-state index contributed by atoms with van der Waals surface area (Å²) in [5.74, 6) is 1.80. The third-order valence-corrected chi connectivity index (χ3v) is 11.3. The number of rotatable bonds is 4. The van der Waals surface area contributed by atoms with E-state index in [9.17, 15) is 4.79 Å². The summed E-state index contributed by atoms with van der Waals surface area (Å²) in [7, 11) is 5.12. The minimum absolute atomic E-state index is 0.394. The molecule has 4 heterocycles. The van der Waals surface area contributed by atoms with Crippen molar-refractivity contribution >= 4 is 62.6 Å². The Hall–Kier alpha value is -3.96. The topological polar surface area (TPSA) is 85.3 Å². The van der Waals surface area contributed by atoms with Crippen molar-refractivity contribution in [3.05, 3.63) is 98.2 Å². The van der Waals surface area contributed by atoms with Gasteiger partial charge in [-0.2, -0.15) is 10.2 Å². The number of carbonyl (C=O) groups excluding carboxylic acids is 1. The minimum Gasteiger partial charge on any atom is -0.493 e. The fourth-order valence-corrected chi connectivity index (χ4v) is 8.59. The van der Waals surface area contributed by atoms with Gasteiger partial charge in [0.15, 0.2) is 0 Å². The zero-order valence-corrected chi connectivity index (χ0v) is 31.8. The molecule has 9 nitrogen and oxygen atoms in total. The fourth-order valence-electron chi connectivity index (χ4n) is 7.31. The molecule has 0 spiro atoms. The summed E-state index contributed by atoms with van der Waals surface area (Å²) in [6.07, 6.45) is 2.31. The van der Waals surface area contributed by atoms with E-state index in [2.05, 4.69) is 25.1 Å². The third kappa shape index (κ3) is 6.87. The number of ether oxygens (including phenoxy) is 3. The molecule has 3 aromatic heterocycles. The maximum atomic E-state index is 13.4. The summed E-state index contributed by atoms with van der Waals surface area (Å²) in [6.45, 7) is 6.16. The number of aryl methyl sites for hydroxylation is 5. The van der Waals surface area contributed by atoms with Crippen molar-refractivity contribution < 1.29 is 19.0 Å². The molecule has 0 saturated heterocycles. The highest BCUT2D eigenvalue weighted by molar-refractivity contribution is 7.97. The van der Waals surface area contributed by atoms with Crippen LogP contribution in [0.15, 0.2) is 48.5 Å². The Labute approximate surface area is 311 Å². The molecule has 0 amide bonds. The van der Waals surface area contributed by atoms with Gasteiger partial charge in [0.2, 0.25) is 0 Å². The van der Waals surface area contributed by atoms with E-state index >= 15 is 0 Å². The number of benzene rings is 3. The molecule has 7 rings (SSSR count). The Balaban J connectivity index is 1.37. The molecule has 1 aliphatic heterocycles. The van der Waals surface area contributed by atoms with Crippen LogP contribution < -0.4 is 4.74 Å². The van der Waals surface area contributed by atoms with Gasteiger partial charge in [-0.3, -0.25) is 9.36 Å². The number of hydrogen-bond donors (Lipinski definition) is 0. The molecule has 0 radical (unpaired) electrons. The van der Waals surface area contributed by atoms with Crippen molar-refractivity contribution in [2.45, 2.75) is 57.7 Å². The lowest BCUT2D eigenvalue weighted by molar-refractivity contribution is 0.0587. The van der Waals surface area contributed by atoms with Gasteiger partial charge in [0.1, 0.15) is 11.4 Å². The molecule has 1 aliphatic rings. The number of halogens is 2. The normalized spacial score (nSPS) is 14.0. The van der Waals surface area contributed by atoms with E-state index in [-0.39, 0.29) is 0 Å². The fraction of sp³-hybridized carbons (Fsp3) is 0.359. The molecular weight excluding hydrogens is 705 g/mol. The summed E-state index contributed by atoms with van der Waals surface area (Å²) < 4.78 is 23.3.